The first kappa shape index (κ1) is 9.17. The molecule has 0 fully saturated rings. The maximum atomic E-state index is 11.4. The maximum absolute atomic E-state index is 11.4. The minimum absolute atomic E-state index is 0.370. The Hall–Kier alpha value is -0.890. The van der Waals surface area contributed by atoms with Gasteiger partial charge in [0.05, 0.1) is 11.5 Å². The number of hydrogen-bond acceptors (Lipinski definition) is 5. The number of nitrogens with one attached hydrogen (secondary N) is 1. The van der Waals surface area contributed by atoms with Crippen molar-refractivity contribution >= 4 is 42.2 Å². The number of carboxylic acid groups (broad SMARTS) is 2. The molecule has 3 N–H and O–H groups in total. The Bertz CT molecular complexity index is 401. The Morgan fingerprint density at radius 3 is 2.44 bits per heavy atom. The lowest BCUT2D eigenvalue weighted by Crippen LogP contribution is -2.42. The fraction of sp³-hybridized carbons (Fsp3) is 0.625. The molecule has 0 aromatic carbocycles. The van der Waals surface area contributed by atoms with Crippen LogP contribution in [0.3, 0.4) is 0 Å². The number of rotatable bonds is 8. The van der Waals surface area contributed by atoms with Crippen molar-refractivity contribution in [3.63, 3.8) is 0 Å². The smallest absolute Gasteiger partial charge is 0.326 e. The van der Waals surface area contributed by atoms with E-state index in [0.717, 1.165) is 0 Å². The quantitative estimate of drug-likeness (QED) is 0.452. The lowest BCUT2D eigenvalue weighted by atomic mass is 10.2. The Morgan fingerprint density at radius 1 is 1.38 bits per heavy atom. The van der Waals surface area contributed by atoms with E-state index in [0.29, 0.717) is 11.8 Å². The van der Waals surface area contributed by atoms with Gasteiger partial charge in [0.25, 0.3) is 0 Å². The second-order valence-corrected chi connectivity index (χ2v) is 3.69. The molecule has 6 nitrogen and oxygen atoms in total. The first-order valence-corrected chi connectivity index (χ1v) is 5.54. The lowest BCUT2D eigenvalue weighted by Gasteiger charge is -2.12. The van der Waals surface area contributed by atoms with E-state index in [1.165, 1.54) is 0 Å². The molecular formula is C8H13NO5S2. The van der Waals surface area contributed by atoms with Crippen LogP contribution in [-0.4, -0.2) is 51.3 Å². The van der Waals surface area contributed by atoms with Gasteiger partial charge in [-0.25, -0.2) is 4.79 Å². The van der Waals surface area contributed by atoms with Gasteiger partial charge in [0.15, 0.2) is 0 Å². The van der Waals surface area contributed by atoms with E-state index < -0.39 is 36.0 Å². The van der Waals surface area contributed by atoms with Crippen molar-refractivity contribution in [3.05, 3.63) is 0 Å². The summed E-state index contributed by atoms with van der Waals surface area (Å²) >= 11 is 4.05. The van der Waals surface area contributed by atoms with E-state index in [4.69, 9.17) is 15.7 Å². The number of carbonyl (C=O) groups excluding carboxylic acids is 1. The molecule has 0 radical (unpaired) electrons. The number of hydrogen-bond donors (Lipinski definition) is 4. The van der Waals surface area contributed by atoms with Crippen LogP contribution in [0.5, 0.6) is 0 Å². The van der Waals surface area contributed by atoms with Crippen LogP contribution in [0.25, 0.3) is 0 Å². The summed E-state index contributed by atoms with van der Waals surface area (Å²) in [5.41, 5.74) is -2.79. The minimum Gasteiger partial charge on any atom is -0.481 e. The molecule has 0 rings (SSSR count). The molecule has 0 aliphatic rings. The minimum atomic E-state index is -2.96. The van der Waals surface area contributed by atoms with E-state index in [-0.39, 0.29) is 11.5 Å². The van der Waals surface area contributed by atoms with Gasteiger partial charge in [-0.15, -0.1) is 11.8 Å². The SMILES string of the molecule is [2H]C([2H])(S)C([2H])([2H])C(NC(=O)CSCC(=O)O)C(=O)O. The van der Waals surface area contributed by atoms with Gasteiger partial charge in [0, 0.05) is 5.48 Å². The average Bonchev–Trinajstić information content (AvgIpc) is 2.23. The van der Waals surface area contributed by atoms with E-state index >= 15 is 0 Å². The second kappa shape index (κ2) is 8.28. The second-order valence-electron chi connectivity index (χ2n) is 2.48. The van der Waals surface area contributed by atoms with Crippen molar-refractivity contribution in [1.82, 2.24) is 5.32 Å². The molecule has 0 aromatic rings. The summed E-state index contributed by atoms with van der Waals surface area (Å²) in [7, 11) is 0. The van der Waals surface area contributed by atoms with Crippen LogP contribution < -0.4 is 5.32 Å². The number of amides is 1. The van der Waals surface area contributed by atoms with Crippen LogP contribution in [0.4, 0.5) is 0 Å². The number of aliphatic carboxylic acids is 2. The highest BCUT2D eigenvalue weighted by atomic mass is 32.2. The van der Waals surface area contributed by atoms with Gasteiger partial charge in [-0.2, -0.15) is 12.6 Å². The van der Waals surface area contributed by atoms with Crippen LogP contribution in [0, 0.1) is 0 Å². The molecule has 8 heteroatoms. The molecular weight excluding hydrogens is 254 g/mol. The van der Waals surface area contributed by atoms with Gasteiger partial charge in [0.2, 0.25) is 5.91 Å². The first-order valence-electron chi connectivity index (χ1n) is 5.93. The Labute approximate surface area is 108 Å². The molecule has 0 aromatic heterocycles. The van der Waals surface area contributed by atoms with Crippen LogP contribution in [0.1, 0.15) is 11.9 Å². The Morgan fingerprint density at radius 2 is 2.00 bits per heavy atom. The van der Waals surface area contributed by atoms with Crippen LogP contribution >= 0.6 is 24.4 Å². The molecule has 1 atom stereocenters. The number of thioether (sulfide) groups is 1. The summed E-state index contributed by atoms with van der Waals surface area (Å²) < 4.78 is 29.2. The van der Waals surface area contributed by atoms with Gasteiger partial charge in [-0.1, -0.05) is 0 Å². The summed E-state index contributed by atoms with van der Waals surface area (Å²) in [5, 5.41) is 19.1. The van der Waals surface area contributed by atoms with Crippen molar-refractivity contribution in [1.29, 1.82) is 0 Å². The molecule has 0 aliphatic carbocycles. The van der Waals surface area contributed by atoms with E-state index in [2.05, 4.69) is 12.6 Å². The topological polar surface area (TPSA) is 104 Å². The van der Waals surface area contributed by atoms with E-state index in [1.807, 2.05) is 5.32 Å². The van der Waals surface area contributed by atoms with Crippen molar-refractivity contribution in [3.8, 4) is 0 Å². The van der Waals surface area contributed by atoms with Crippen LogP contribution in [0.15, 0.2) is 0 Å². The molecule has 0 aliphatic heterocycles. The molecule has 0 bridgehead atoms. The van der Waals surface area contributed by atoms with Gasteiger partial charge >= 0.3 is 11.9 Å². The Kier molecular flexibility index (Phi) is 4.75. The zero-order chi connectivity index (χ0) is 16.1. The molecule has 0 saturated carbocycles. The third kappa shape index (κ3) is 7.41. The normalized spacial score (nSPS) is 17.3. The zero-order valence-electron chi connectivity index (χ0n) is 12.0. The van der Waals surface area contributed by atoms with Gasteiger partial charge in [-0.05, 0) is 12.1 Å². The molecule has 0 heterocycles. The van der Waals surface area contributed by atoms with E-state index in [9.17, 15) is 14.4 Å². The highest BCUT2D eigenvalue weighted by molar-refractivity contribution is 8.00. The lowest BCUT2D eigenvalue weighted by molar-refractivity contribution is -0.141. The fourth-order valence-electron chi connectivity index (χ4n) is 0.658. The van der Waals surface area contributed by atoms with Crippen LogP contribution in [0.2, 0.25) is 0 Å². The number of carboxylic acids is 2. The standard InChI is InChI=1S/C8H13NO5S2/c10-6(3-16-4-7(11)12)9-5(1-2-15)8(13)14/h5,15H,1-4H2,(H,9,10)(H,11,12)(H,13,14)/i1D2,2D2. The fourth-order valence-corrected chi connectivity index (χ4v) is 1.33. The molecule has 92 valence electrons. The van der Waals surface area contributed by atoms with Gasteiger partial charge < -0.3 is 15.5 Å². The predicted octanol–water partition coefficient (Wildman–Crippen LogP) is -0.307. The average molecular weight is 271 g/mol. The predicted molar refractivity (Wildman–Crippen MR) is 63.0 cm³/mol. The van der Waals surface area contributed by atoms with Crippen molar-refractivity contribution < 1.29 is 30.1 Å². The third-order valence-corrected chi connectivity index (χ3v) is 2.27. The molecule has 16 heavy (non-hydrogen) atoms. The third-order valence-electron chi connectivity index (χ3n) is 1.22. The molecule has 0 spiro atoms. The van der Waals surface area contributed by atoms with Crippen molar-refractivity contribution in [2.24, 2.45) is 0 Å². The summed E-state index contributed by atoms with van der Waals surface area (Å²) in [4.78, 5) is 32.6. The zero-order valence-corrected chi connectivity index (χ0v) is 9.68. The number of carbonyl (C=O) groups is 3. The summed E-state index contributed by atoms with van der Waals surface area (Å²) in [5.74, 6) is -4.58. The van der Waals surface area contributed by atoms with Gasteiger partial charge in [0.1, 0.15) is 6.04 Å². The molecule has 1 amide bonds. The van der Waals surface area contributed by atoms with Crippen molar-refractivity contribution in [2.45, 2.75) is 12.4 Å². The molecule has 1 unspecified atom stereocenters. The van der Waals surface area contributed by atoms with Crippen LogP contribution in [-0.2, 0) is 14.4 Å². The summed E-state index contributed by atoms with van der Waals surface area (Å²) in [6.07, 6.45) is -2.96. The van der Waals surface area contributed by atoms with E-state index in [1.54, 1.807) is 0 Å². The first-order chi connectivity index (χ1) is 8.89. The van der Waals surface area contributed by atoms with Crippen molar-refractivity contribution in [2.75, 3.05) is 17.2 Å². The van der Waals surface area contributed by atoms with Gasteiger partial charge in [-0.3, -0.25) is 9.59 Å². The molecule has 0 saturated heterocycles. The highest BCUT2D eigenvalue weighted by Crippen LogP contribution is 2.00. The summed E-state index contributed by atoms with van der Waals surface area (Å²) in [6, 6.07) is -2.15. The maximum Gasteiger partial charge on any atom is 0.326 e. The monoisotopic (exact) mass is 271 g/mol. The highest BCUT2D eigenvalue weighted by Gasteiger charge is 2.18. The largest absolute Gasteiger partial charge is 0.481 e. The number of thiol groups is 1. The Balaban J connectivity index is 4.77. The summed E-state index contributed by atoms with van der Waals surface area (Å²) in [6.45, 7) is 0.